The summed E-state index contributed by atoms with van der Waals surface area (Å²) >= 11 is 6.43. The zero-order valence-electron chi connectivity index (χ0n) is 19.4. The molecule has 1 atom stereocenters. The van der Waals surface area contributed by atoms with Gasteiger partial charge in [0.15, 0.2) is 11.5 Å². The van der Waals surface area contributed by atoms with Crippen LogP contribution in [0.1, 0.15) is 12.0 Å². The van der Waals surface area contributed by atoms with E-state index in [2.05, 4.69) is 10.9 Å². The van der Waals surface area contributed by atoms with E-state index in [0.29, 0.717) is 34.6 Å². The molecular weight excluding hydrogens is 470 g/mol. The summed E-state index contributed by atoms with van der Waals surface area (Å²) in [6, 6.07) is 20.2. The Hall–Kier alpha value is -3.91. The van der Waals surface area contributed by atoms with Crippen molar-refractivity contribution in [1.82, 2.24) is 5.43 Å². The SMILES string of the molecule is COc1ccc(N2C[C@@H](C(=O)NNc3cc(Cl)c(OCc4ccccc4)c(OC)c3)CC2=O)cc1. The molecule has 35 heavy (non-hydrogen) atoms. The summed E-state index contributed by atoms with van der Waals surface area (Å²) in [7, 11) is 3.10. The number of benzene rings is 3. The summed E-state index contributed by atoms with van der Waals surface area (Å²) in [5.74, 6) is 0.625. The topological polar surface area (TPSA) is 89.1 Å². The van der Waals surface area contributed by atoms with Gasteiger partial charge in [0.05, 0.1) is 30.8 Å². The molecule has 2 N–H and O–H groups in total. The Morgan fingerprint density at radius 1 is 1.06 bits per heavy atom. The lowest BCUT2D eigenvalue weighted by Gasteiger charge is -2.18. The molecule has 1 aliphatic rings. The molecule has 0 saturated carbocycles. The van der Waals surface area contributed by atoms with Gasteiger partial charge in [-0.3, -0.25) is 20.4 Å². The average molecular weight is 496 g/mol. The first-order valence-electron chi connectivity index (χ1n) is 11.0. The Morgan fingerprint density at radius 2 is 1.80 bits per heavy atom. The number of rotatable bonds is 9. The third-order valence-electron chi connectivity index (χ3n) is 5.67. The predicted molar refractivity (Wildman–Crippen MR) is 134 cm³/mol. The van der Waals surface area contributed by atoms with E-state index >= 15 is 0 Å². The lowest BCUT2D eigenvalue weighted by atomic mass is 10.1. The number of carbonyl (C=O) groups excluding carboxylic acids is 2. The van der Waals surface area contributed by atoms with E-state index < -0.39 is 5.92 Å². The maximum atomic E-state index is 12.7. The first-order valence-corrected chi connectivity index (χ1v) is 11.4. The predicted octanol–water partition coefficient (Wildman–Crippen LogP) is 4.43. The molecule has 0 radical (unpaired) electrons. The number of hydrogen-bond acceptors (Lipinski definition) is 6. The van der Waals surface area contributed by atoms with Gasteiger partial charge in [-0.05, 0) is 35.9 Å². The molecule has 4 rings (SSSR count). The number of nitrogens with zero attached hydrogens (tertiary/aromatic N) is 1. The molecule has 1 fully saturated rings. The number of methoxy groups -OCH3 is 2. The van der Waals surface area contributed by atoms with Crippen molar-refractivity contribution in [3.8, 4) is 17.2 Å². The van der Waals surface area contributed by atoms with E-state index in [9.17, 15) is 9.59 Å². The smallest absolute Gasteiger partial charge is 0.243 e. The molecular formula is C26H26ClN3O5. The van der Waals surface area contributed by atoms with Crippen molar-refractivity contribution in [3.63, 3.8) is 0 Å². The number of ether oxygens (including phenoxy) is 3. The number of hydrogen-bond donors (Lipinski definition) is 2. The molecule has 1 saturated heterocycles. The van der Waals surface area contributed by atoms with Crippen LogP contribution in [-0.4, -0.2) is 32.6 Å². The molecule has 3 aromatic carbocycles. The quantitative estimate of drug-likeness (QED) is 0.427. The van der Waals surface area contributed by atoms with Crippen molar-refractivity contribution >= 4 is 34.8 Å². The first kappa shape index (κ1) is 24.2. The first-order chi connectivity index (χ1) is 17.0. The second-order valence-electron chi connectivity index (χ2n) is 7.98. The minimum absolute atomic E-state index is 0.111. The normalized spacial score (nSPS) is 15.0. The molecule has 182 valence electrons. The van der Waals surface area contributed by atoms with Gasteiger partial charge in [0, 0.05) is 24.7 Å². The van der Waals surface area contributed by atoms with Crippen LogP contribution in [-0.2, 0) is 16.2 Å². The van der Waals surface area contributed by atoms with Crippen LogP contribution in [0.3, 0.4) is 0 Å². The standard InChI is InChI=1S/C26H26ClN3O5/c1-33-21-10-8-20(9-11-21)30-15-18(12-24(30)31)26(32)29-28-19-13-22(27)25(23(14-19)34-2)35-16-17-6-4-3-5-7-17/h3-11,13-14,18,28H,12,15-16H2,1-2H3,(H,29,32)/t18-/m0/s1. The summed E-state index contributed by atoms with van der Waals surface area (Å²) in [5.41, 5.74) is 7.76. The molecule has 9 heteroatoms. The largest absolute Gasteiger partial charge is 0.497 e. The third kappa shape index (κ3) is 5.78. The van der Waals surface area contributed by atoms with Crippen LogP contribution in [0.25, 0.3) is 0 Å². The van der Waals surface area contributed by atoms with Crippen LogP contribution < -0.4 is 30.0 Å². The summed E-state index contributed by atoms with van der Waals surface area (Å²) in [6.07, 6.45) is 0.121. The van der Waals surface area contributed by atoms with Gasteiger partial charge in [0.25, 0.3) is 0 Å². The molecule has 0 aromatic heterocycles. The minimum Gasteiger partial charge on any atom is -0.497 e. The van der Waals surface area contributed by atoms with E-state index in [-0.39, 0.29) is 24.8 Å². The van der Waals surface area contributed by atoms with Crippen molar-refractivity contribution in [1.29, 1.82) is 0 Å². The van der Waals surface area contributed by atoms with Gasteiger partial charge >= 0.3 is 0 Å². The lowest BCUT2D eigenvalue weighted by molar-refractivity contribution is -0.125. The summed E-state index contributed by atoms with van der Waals surface area (Å²) in [6.45, 7) is 0.621. The van der Waals surface area contributed by atoms with Crippen molar-refractivity contribution in [2.24, 2.45) is 5.92 Å². The highest BCUT2D eigenvalue weighted by Crippen LogP contribution is 2.38. The number of carbonyl (C=O) groups is 2. The molecule has 1 aliphatic heterocycles. The molecule has 3 aromatic rings. The van der Waals surface area contributed by atoms with Crippen molar-refractivity contribution in [2.75, 3.05) is 31.1 Å². The number of nitrogens with one attached hydrogen (secondary N) is 2. The van der Waals surface area contributed by atoms with Gasteiger partial charge in [-0.2, -0.15) is 0 Å². The van der Waals surface area contributed by atoms with Gasteiger partial charge in [-0.1, -0.05) is 41.9 Å². The highest BCUT2D eigenvalue weighted by molar-refractivity contribution is 6.32. The molecule has 0 bridgehead atoms. The highest BCUT2D eigenvalue weighted by atomic mass is 35.5. The van der Waals surface area contributed by atoms with Gasteiger partial charge in [0.1, 0.15) is 12.4 Å². The minimum atomic E-state index is -0.497. The zero-order valence-corrected chi connectivity index (χ0v) is 20.2. The van der Waals surface area contributed by atoms with E-state index in [1.165, 1.54) is 7.11 Å². The monoisotopic (exact) mass is 495 g/mol. The van der Waals surface area contributed by atoms with Gasteiger partial charge in [-0.25, -0.2) is 0 Å². The maximum absolute atomic E-state index is 12.7. The Bertz CT molecular complexity index is 1190. The van der Waals surface area contributed by atoms with Crippen LogP contribution >= 0.6 is 11.6 Å². The molecule has 2 amide bonds. The fourth-order valence-corrected chi connectivity index (χ4v) is 4.06. The zero-order chi connectivity index (χ0) is 24.8. The van der Waals surface area contributed by atoms with Crippen LogP contribution in [0.15, 0.2) is 66.7 Å². The van der Waals surface area contributed by atoms with Crippen molar-refractivity contribution in [3.05, 3.63) is 77.3 Å². The maximum Gasteiger partial charge on any atom is 0.243 e. The number of halogens is 1. The Morgan fingerprint density at radius 3 is 2.49 bits per heavy atom. The van der Waals surface area contributed by atoms with E-state index in [1.807, 2.05) is 30.3 Å². The molecule has 0 aliphatic carbocycles. The van der Waals surface area contributed by atoms with Crippen LogP contribution in [0, 0.1) is 5.92 Å². The summed E-state index contributed by atoms with van der Waals surface area (Å²) < 4.78 is 16.5. The second-order valence-corrected chi connectivity index (χ2v) is 8.39. The fourth-order valence-electron chi connectivity index (χ4n) is 3.79. The van der Waals surface area contributed by atoms with Gasteiger partial charge in [-0.15, -0.1) is 0 Å². The van der Waals surface area contributed by atoms with E-state index in [0.717, 1.165) is 11.3 Å². The molecule has 8 nitrogen and oxygen atoms in total. The molecule has 0 unspecified atom stereocenters. The number of amides is 2. The van der Waals surface area contributed by atoms with Crippen molar-refractivity contribution < 1.29 is 23.8 Å². The molecule has 0 spiro atoms. The average Bonchev–Trinajstić information content (AvgIpc) is 3.28. The Labute approximate surface area is 208 Å². The Kier molecular flexibility index (Phi) is 7.62. The third-order valence-corrected chi connectivity index (χ3v) is 5.95. The van der Waals surface area contributed by atoms with Crippen LogP contribution in [0.5, 0.6) is 17.2 Å². The summed E-state index contributed by atoms with van der Waals surface area (Å²) in [5, 5.41) is 0.332. The molecule has 1 heterocycles. The van der Waals surface area contributed by atoms with Crippen LogP contribution in [0.2, 0.25) is 5.02 Å². The van der Waals surface area contributed by atoms with Gasteiger partial charge in [0.2, 0.25) is 11.8 Å². The van der Waals surface area contributed by atoms with Gasteiger partial charge < -0.3 is 19.1 Å². The number of anilines is 2. The Balaban J connectivity index is 1.36. The van der Waals surface area contributed by atoms with E-state index in [4.69, 9.17) is 25.8 Å². The lowest BCUT2D eigenvalue weighted by Crippen LogP contribution is -2.36. The number of hydrazine groups is 1. The fraction of sp³-hybridized carbons (Fsp3) is 0.231. The van der Waals surface area contributed by atoms with Crippen LogP contribution in [0.4, 0.5) is 11.4 Å². The van der Waals surface area contributed by atoms with Crippen molar-refractivity contribution in [2.45, 2.75) is 13.0 Å². The second kappa shape index (κ2) is 11.0. The highest BCUT2D eigenvalue weighted by Gasteiger charge is 2.35. The van der Waals surface area contributed by atoms with E-state index in [1.54, 1.807) is 48.4 Å². The summed E-state index contributed by atoms with van der Waals surface area (Å²) in [4.78, 5) is 26.8.